The van der Waals surface area contributed by atoms with Gasteiger partial charge >= 0.3 is 0 Å². The Hall–Kier alpha value is -0.100. The van der Waals surface area contributed by atoms with E-state index in [0.29, 0.717) is 6.54 Å². The number of aromatic nitrogens is 1. The minimum atomic E-state index is 0.201. The zero-order chi connectivity index (χ0) is 10.2. The van der Waals surface area contributed by atoms with Crippen molar-refractivity contribution in [2.45, 2.75) is 23.8 Å². The van der Waals surface area contributed by atoms with Gasteiger partial charge in [-0.15, -0.1) is 11.3 Å². The van der Waals surface area contributed by atoms with E-state index in [1.165, 1.54) is 0 Å². The van der Waals surface area contributed by atoms with Crippen LogP contribution in [0.2, 0.25) is 0 Å². The Morgan fingerprint density at radius 2 is 2.57 bits per heavy atom. The largest absolute Gasteiger partial charge is 0.377 e. The van der Waals surface area contributed by atoms with Gasteiger partial charge in [0, 0.05) is 30.5 Å². The third-order valence-corrected chi connectivity index (χ3v) is 3.74. The van der Waals surface area contributed by atoms with Gasteiger partial charge in [0.1, 0.15) is 4.34 Å². The summed E-state index contributed by atoms with van der Waals surface area (Å²) in [4.78, 5) is 4.19. The van der Waals surface area contributed by atoms with Crippen molar-refractivity contribution in [2.75, 3.05) is 18.9 Å². The molecule has 0 bridgehead atoms. The van der Waals surface area contributed by atoms with Crippen LogP contribution in [0.15, 0.2) is 15.9 Å². The first-order chi connectivity index (χ1) is 6.86. The second-order valence-corrected chi connectivity index (χ2v) is 4.98. The number of hydrogen-bond acceptors (Lipinski definition) is 5. The van der Waals surface area contributed by atoms with Gasteiger partial charge in [-0.1, -0.05) is 11.8 Å². The number of nitrogens with two attached hydrogens (primary N) is 1. The maximum Gasteiger partial charge on any atom is 0.149 e. The molecule has 0 aliphatic heterocycles. The highest BCUT2D eigenvalue weighted by atomic mass is 32.2. The minimum Gasteiger partial charge on any atom is -0.377 e. The molecule has 14 heavy (non-hydrogen) atoms. The quantitative estimate of drug-likeness (QED) is 0.730. The van der Waals surface area contributed by atoms with Crippen LogP contribution in [0, 0.1) is 0 Å². The fourth-order valence-corrected chi connectivity index (χ4v) is 2.80. The van der Waals surface area contributed by atoms with E-state index in [1.54, 1.807) is 23.1 Å². The van der Waals surface area contributed by atoms with Crippen molar-refractivity contribution in [3.63, 3.8) is 0 Å². The van der Waals surface area contributed by atoms with Crippen molar-refractivity contribution >= 4 is 23.1 Å². The number of rotatable bonds is 7. The molecule has 1 aromatic heterocycles. The Balaban J connectivity index is 2.13. The van der Waals surface area contributed by atoms with E-state index in [9.17, 15) is 0 Å². The van der Waals surface area contributed by atoms with Crippen molar-refractivity contribution in [2.24, 2.45) is 5.73 Å². The molecule has 0 saturated heterocycles. The smallest absolute Gasteiger partial charge is 0.149 e. The predicted molar refractivity (Wildman–Crippen MR) is 61.9 cm³/mol. The number of hydrogen-bond donors (Lipinski definition) is 1. The fourth-order valence-electron chi connectivity index (χ4n) is 1.06. The molecule has 1 rings (SSSR count). The molecule has 0 aliphatic carbocycles. The summed E-state index contributed by atoms with van der Waals surface area (Å²) >= 11 is 3.44. The summed E-state index contributed by atoms with van der Waals surface area (Å²) in [5.41, 5.74) is 5.57. The summed E-state index contributed by atoms with van der Waals surface area (Å²) in [7, 11) is 0. The van der Waals surface area contributed by atoms with Gasteiger partial charge in [-0.2, -0.15) is 0 Å². The molecule has 0 aromatic carbocycles. The normalized spacial score (nSPS) is 13.0. The van der Waals surface area contributed by atoms with Crippen molar-refractivity contribution in [1.82, 2.24) is 4.98 Å². The maximum absolute atomic E-state index is 5.57. The summed E-state index contributed by atoms with van der Waals surface area (Å²) in [5.74, 6) is 1.02. The first kappa shape index (κ1) is 12.0. The second-order valence-electron chi connectivity index (χ2n) is 2.75. The number of thioether (sulfide) groups is 1. The van der Waals surface area contributed by atoms with E-state index in [2.05, 4.69) is 4.98 Å². The van der Waals surface area contributed by atoms with Crippen molar-refractivity contribution in [3.8, 4) is 0 Å². The molecular formula is C9H16N2OS2. The van der Waals surface area contributed by atoms with Crippen LogP contribution >= 0.6 is 23.1 Å². The molecule has 80 valence electrons. The SMILES string of the molecule is CCOC(CN)CCSc1nccs1. The molecule has 5 heteroatoms. The van der Waals surface area contributed by atoms with Crippen molar-refractivity contribution < 1.29 is 4.74 Å². The summed E-state index contributed by atoms with van der Waals surface area (Å²) < 4.78 is 6.58. The van der Waals surface area contributed by atoms with Gasteiger partial charge in [-0.3, -0.25) is 0 Å². The fraction of sp³-hybridized carbons (Fsp3) is 0.667. The zero-order valence-corrected chi connectivity index (χ0v) is 9.94. The van der Waals surface area contributed by atoms with Gasteiger partial charge < -0.3 is 10.5 Å². The average molecular weight is 232 g/mol. The Morgan fingerprint density at radius 1 is 1.71 bits per heavy atom. The van der Waals surface area contributed by atoms with Crippen molar-refractivity contribution in [3.05, 3.63) is 11.6 Å². The van der Waals surface area contributed by atoms with E-state index in [0.717, 1.165) is 23.1 Å². The molecule has 3 nitrogen and oxygen atoms in total. The third-order valence-electron chi connectivity index (χ3n) is 1.74. The number of thiazole rings is 1. The molecule has 0 fully saturated rings. The lowest BCUT2D eigenvalue weighted by Gasteiger charge is -2.13. The Kier molecular flexibility index (Phi) is 6.18. The molecule has 0 amide bonds. The molecule has 2 N–H and O–H groups in total. The molecule has 0 aliphatic rings. The van der Waals surface area contributed by atoms with Crippen LogP contribution in [0.4, 0.5) is 0 Å². The Morgan fingerprint density at radius 3 is 3.14 bits per heavy atom. The van der Waals surface area contributed by atoms with E-state index in [1.807, 2.05) is 18.5 Å². The second kappa shape index (κ2) is 7.23. The van der Waals surface area contributed by atoms with Crippen LogP contribution in [-0.4, -0.2) is 30.0 Å². The van der Waals surface area contributed by atoms with Crippen LogP contribution < -0.4 is 5.73 Å². The third kappa shape index (κ3) is 4.41. The minimum absolute atomic E-state index is 0.201. The Labute approximate surface area is 93.1 Å². The topological polar surface area (TPSA) is 48.1 Å². The van der Waals surface area contributed by atoms with Gasteiger partial charge in [0.25, 0.3) is 0 Å². The molecule has 0 radical (unpaired) electrons. The number of ether oxygens (including phenoxy) is 1. The van der Waals surface area contributed by atoms with Crippen molar-refractivity contribution in [1.29, 1.82) is 0 Å². The van der Waals surface area contributed by atoms with Crippen LogP contribution in [0.3, 0.4) is 0 Å². The van der Waals surface area contributed by atoms with Gasteiger partial charge in [-0.25, -0.2) is 4.98 Å². The van der Waals surface area contributed by atoms with Gasteiger partial charge in [0.15, 0.2) is 0 Å². The molecule has 1 heterocycles. The summed E-state index contributed by atoms with van der Waals surface area (Å²) in [6.45, 7) is 3.34. The van der Waals surface area contributed by atoms with Crippen LogP contribution in [0.5, 0.6) is 0 Å². The van der Waals surface area contributed by atoms with E-state index < -0.39 is 0 Å². The molecule has 1 unspecified atom stereocenters. The van der Waals surface area contributed by atoms with Crippen LogP contribution in [0.1, 0.15) is 13.3 Å². The highest BCUT2D eigenvalue weighted by Gasteiger charge is 2.06. The lowest BCUT2D eigenvalue weighted by molar-refractivity contribution is 0.0674. The Bertz CT molecular complexity index is 229. The zero-order valence-electron chi connectivity index (χ0n) is 8.31. The van der Waals surface area contributed by atoms with E-state index in [4.69, 9.17) is 10.5 Å². The molecule has 1 atom stereocenters. The summed E-state index contributed by atoms with van der Waals surface area (Å²) in [6, 6.07) is 0. The van der Waals surface area contributed by atoms with Gasteiger partial charge in [-0.05, 0) is 13.3 Å². The summed E-state index contributed by atoms with van der Waals surface area (Å²) in [5, 5.41) is 1.99. The first-order valence-electron chi connectivity index (χ1n) is 4.70. The predicted octanol–water partition coefficient (Wildman–Crippen LogP) is 1.99. The van der Waals surface area contributed by atoms with Gasteiger partial charge in [0.2, 0.25) is 0 Å². The molecule has 1 aromatic rings. The lowest BCUT2D eigenvalue weighted by Crippen LogP contribution is -2.24. The number of nitrogens with zero attached hydrogens (tertiary/aromatic N) is 1. The summed E-state index contributed by atoms with van der Waals surface area (Å²) in [6.07, 6.45) is 3.03. The average Bonchev–Trinajstić information content (AvgIpc) is 2.69. The van der Waals surface area contributed by atoms with E-state index >= 15 is 0 Å². The first-order valence-corrected chi connectivity index (χ1v) is 6.57. The molecule has 0 saturated carbocycles. The maximum atomic E-state index is 5.57. The molecular weight excluding hydrogens is 216 g/mol. The molecule has 0 spiro atoms. The van der Waals surface area contributed by atoms with Crippen LogP contribution in [0.25, 0.3) is 0 Å². The highest BCUT2D eigenvalue weighted by molar-refractivity contribution is 8.00. The van der Waals surface area contributed by atoms with Crippen LogP contribution in [-0.2, 0) is 4.74 Å². The standard InChI is InChI=1S/C9H16N2OS2/c1-2-12-8(7-10)3-5-13-9-11-4-6-14-9/h4,6,8H,2-3,5,7,10H2,1H3. The van der Waals surface area contributed by atoms with E-state index in [-0.39, 0.29) is 6.10 Å². The highest BCUT2D eigenvalue weighted by Crippen LogP contribution is 2.21. The monoisotopic (exact) mass is 232 g/mol. The van der Waals surface area contributed by atoms with Gasteiger partial charge in [0.05, 0.1) is 6.10 Å². The lowest BCUT2D eigenvalue weighted by atomic mass is 10.3.